The summed E-state index contributed by atoms with van der Waals surface area (Å²) in [5.41, 5.74) is 2.36. The molecule has 3 heteroatoms. The van der Waals surface area contributed by atoms with Gasteiger partial charge in [0.1, 0.15) is 5.75 Å². The smallest absolute Gasteiger partial charge is 0.223 e. The van der Waals surface area contributed by atoms with Crippen LogP contribution in [0.5, 0.6) is 5.75 Å². The summed E-state index contributed by atoms with van der Waals surface area (Å²) < 4.78 is 5.58. The SMILES string of the molecule is CCCCNC(=O)CCOc1cc(C)cc(C)c1. The van der Waals surface area contributed by atoms with Gasteiger partial charge in [0.05, 0.1) is 13.0 Å². The third kappa shape index (κ3) is 5.71. The summed E-state index contributed by atoms with van der Waals surface area (Å²) in [6.45, 7) is 7.38. The Balaban J connectivity index is 2.26. The van der Waals surface area contributed by atoms with Gasteiger partial charge in [-0.3, -0.25) is 4.79 Å². The molecule has 0 aliphatic carbocycles. The molecule has 18 heavy (non-hydrogen) atoms. The van der Waals surface area contributed by atoms with Crippen molar-refractivity contribution in [3.8, 4) is 5.75 Å². The molecule has 0 atom stereocenters. The Hall–Kier alpha value is -1.51. The lowest BCUT2D eigenvalue weighted by Crippen LogP contribution is -2.25. The fraction of sp³-hybridized carbons (Fsp3) is 0.533. The van der Waals surface area contributed by atoms with E-state index in [2.05, 4.69) is 18.3 Å². The number of unbranched alkanes of at least 4 members (excludes halogenated alkanes) is 1. The van der Waals surface area contributed by atoms with E-state index in [1.165, 1.54) is 11.1 Å². The Bertz CT molecular complexity index is 368. The average molecular weight is 249 g/mol. The molecular formula is C15H23NO2. The first-order valence-corrected chi connectivity index (χ1v) is 6.59. The van der Waals surface area contributed by atoms with Crippen molar-refractivity contribution >= 4 is 5.91 Å². The highest BCUT2D eigenvalue weighted by Gasteiger charge is 2.02. The number of aryl methyl sites for hydroxylation is 2. The minimum atomic E-state index is 0.0628. The van der Waals surface area contributed by atoms with Gasteiger partial charge in [-0.15, -0.1) is 0 Å². The number of carbonyl (C=O) groups is 1. The topological polar surface area (TPSA) is 38.3 Å². The lowest BCUT2D eigenvalue weighted by atomic mass is 10.1. The molecule has 0 unspecified atom stereocenters. The zero-order valence-electron chi connectivity index (χ0n) is 11.6. The van der Waals surface area contributed by atoms with Crippen molar-refractivity contribution in [2.45, 2.75) is 40.0 Å². The summed E-state index contributed by atoms with van der Waals surface area (Å²) >= 11 is 0. The number of hydrogen-bond acceptors (Lipinski definition) is 2. The highest BCUT2D eigenvalue weighted by atomic mass is 16.5. The van der Waals surface area contributed by atoms with Crippen molar-refractivity contribution in [2.75, 3.05) is 13.2 Å². The van der Waals surface area contributed by atoms with E-state index in [-0.39, 0.29) is 5.91 Å². The summed E-state index contributed by atoms with van der Waals surface area (Å²) in [5.74, 6) is 0.904. The van der Waals surface area contributed by atoms with Gasteiger partial charge in [-0.25, -0.2) is 0 Å². The number of ether oxygens (including phenoxy) is 1. The molecule has 0 bridgehead atoms. The first-order valence-electron chi connectivity index (χ1n) is 6.59. The molecule has 0 spiro atoms. The van der Waals surface area contributed by atoms with Crippen LogP contribution in [-0.4, -0.2) is 19.1 Å². The standard InChI is InChI=1S/C15H23NO2/c1-4-5-7-16-15(17)6-8-18-14-10-12(2)9-13(3)11-14/h9-11H,4-8H2,1-3H3,(H,16,17). The highest BCUT2D eigenvalue weighted by molar-refractivity contribution is 5.75. The highest BCUT2D eigenvalue weighted by Crippen LogP contribution is 2.16. The summed E-state index contributed by atoms with van der Waals surface area (Å²) in [5, 5.41) is 2.87. The van der Waals surface area contributed by atoms with Crippen LogP contribution in [0.2, 0.25) is 0 Å². The van der Waals surface area contributed by atoms with Crippen LogP contribution in [0.4, 0.5) is 0 Å². The number of hydrogen-bond donors (Lipinski definition) is 1. The molecule has 0 saturated carbocycles. The van der Waals surface area contributed by atoms with Crippen molar-refractivity contribution in [1.29, 1.82) is 0 Å². The summed E-state index contributed by atoms with van der Waals surface area (Å²) in [6, 6.07) is 6.08. The van der Waals surface area contributed by atoms with Gasteiger partial charge in [-0.1, -0.05) is 19.4 Å². The number of rotatable bonds is 7. The molecule has 1 aromatic carbocycles. The maximum atomic E-state index is 11.5. The molecular weight excluding hydrogens is 226 g/mol. The Morgan fingerprint density at radius 3 is 2.50 bits per heavy atom. The van der Waals surface area contributed by atoms with Crippen LogP contribution in [-0.2, 0) is 4.79 Å². The van der Waals surface area contributed by atoms with E-state index in [0.29, 0.717) is 13.0 Å². The molecule has 0 saturated heterocycles. The van der Waals surface area contributed by atoms with Crippen molar-refractivity contribution in [1.82, 2.24) is 5.32 Å². The maximum Gasteiger partial charge on any atom is 0.223 e. The summed E-state index contributed by atoms with van der Waals surface area (Å²) in [6.07, 6.45) is 2.54. The van der Waals surface area contributed by atoms with Crippen LogP contribution in [0.25, 0.3) is 0 Å². The van der Waals surface area contributed by atoms with Crippen LogP contribution >= 0.6 is 0 Å². The van der Waals surface area contributed by atoms with E-state index < -0.39 is 0 Å². The van der Waals surface area contributed by atoms with E-state index in [9.17, 15) is 4.79 Å². The lowest BCUT2D eigenvalue weighted by Gasteiger charge is -2.08. The van der Waals surface area contributed by atoms with Gasteiger partial charge >= 0.3 is 0 Å². The quantitative estimate of drug-likeness (QED) is 0.754. The van der Waals surface area contributed by atoms with Crippen LogP contribution in [0.3, 0.4) is 0 Å². The molecule has 0 aromatic heterocycles. The van der Waals surface area contributed by atoms with Gasteiger partial charge < -0.3 is 10.1 Å². The van der Waals surface area contributed by atoms with Crippen molar-refractivity contribution < 1.29 is 9.53 Å². The zero-order chi connectivity index (χ0) is 13.4. The third-order valence-corrected chi connectivity index (χ3v) is 2.65. The molecule has 0 heterocycles. The second-order valence-electron chi connectivity index (χ2n) is 4.63. The average Bonchev–Trinajstić information content (AvgIpc) is 2.28. The Kier molecular flexibility index (Phi) is 6.26. The molecule has 100 valence electrons. The van der Waals surface area contributed by atoms with Crippen LogP contribution in [0.1, 0.15) is 37.3 Å². The third-order valence-electron chi connectivity index (χ3n) is 2.65. The fourth-order valence-corrected chi connectivity index (χ4v) is 1.77. The monoisotopic (exact) mass is 249 g/mol. The second kappa shape index (κ2) is 7.75. The minimum Gasteiger partial charge on any atom is -0.493 e. The van der Waals surface area contributed by atoms with Crippen LogP contribution in [0, 0.1) is 13.8 Å². The van der Waals surface area contributed by atoms with E-state index in [1.807, 2.05) is 26.0 Å². The molecule has 1 aromatic rings. The lowest BCUT2D eigenvalue weighted by molar-refractivity contribution is -0.121. The number of amides is 1. The second-order valence-corrected chi connectivity index (χ2v) is 4.63. The predicted molar refractivity (Wildman–Crippen MR) is 73.9 cm³/mol. The Morgan fingerprint density at radius 2 is 1.89 bits per heavy atom. The van der Waals surface area contributed by atoms with Gasteiger partial charge in [0.2, 0.25) is 5.91 Å². The number of benzene rings is 1. The Labute approximate surface area is 110 Å². The molecule has 0 aliphatic heterocycles. The Morgan fingerprint density at radius 1 is 1.22 bits per heavy atom. The van der Waals surface area contributed by atoms with E-state index in [1.54, 1.807) is 0 Å². The molecule has 0 radical (unpaired) electrons. The maximum absolute atomic E-state index is 11.5. The van der Waals surface area contributed by atoms with E-state index >= 15 is 0 Å². The van der Waals surface area contributed by atoms with Gasteiger partial charge in [0.25, 0.3) is 0 Å². The van der Waals surface area contributed by atoms with Crippen LogP contribution < -0.4 is 10.1 Å². The van der Waals surface area contributed by atoms with Gasteiger partial charge in [-0.05, 0) is 43.5 Å². The van der Waals surface area contributed by atoms with Gasteiger partial charge in [0, 0.05) is 6.54 Å². The largest absolute Gasteiger partial charge is 0.493 e. The van der Waals surface area contributed by atoms with Gasteiger partial charge in [-0.2, -0.15) is 0 Å². The van der Waals surface area contributed by atoms with Gasteiger partial charge in [0.15, 0.2) is 0 Å². The van der Waals surface area contributed by atoms with Crippen LogP contribution in [0.15, 0.2) is 18.2 Å². The number of carbonyl (C=O) groups excluding carboxylic acids is 1. The molecule has 0 aliphatic rings. The number of nitrogens with one attached hydrogen (secondary N) is 1. The molecule has 0 fully saturated rings. The van der Waals surface area contributed by atoms with Crippen molar-refractivity contribution in [2.24, 2.45) is 0 Å². The normalized spacial score (nSPS) is 10.2. The minimum absolute atomic E-state index is 0.0628. The van der Waals surface area contributed by atoms with Crippen molar-refractivity contribution in [3.05, 3.63) is 29.3 Å². The predicted octanol–water partition coefficient (Wildman–Crippen LogP) is 2.99. The van der Waals surface area contributed by atoms with E-state index in [0.717, 1.165) is 25.1 Å². The molecule has 1 rings (SSSR count). The first kappa shape index (κ1) is 14.6. The fourth-order valence-electron chi connectivity index (χ4n) is 1.77. The first-order chi connectivity index (χ1) is 8.61. The van der Waals surface area contributed by atoms with Crippen molar-refractivity contribution in [3.63, 3.8) is 0 Å². The molecule has 1 amide bonds. The molecule has 3 nitrogen and oxygen atoms in total. The van der Waals surface area contributed by atoms with E-state index in [4.69, 9.17) is 4.74 Å². The summed E-state index contributed by atoms with van der Waals surface area (Å²) in [4.78, 5) is 11.5. The molecule has 1 N–H and O–H groups in total. The zero-order valence-corrected chi connectivity index (χ0v) is 11.6. The summed E-state index contributed by atoms with van der Waals surface area (Å²) in [7, 11) is 0.